The second kappa shape index (κ2) is 18.6. The molecule has 1 aliphatic heterocycles. The molecular formula is C42H48ClFN2O5. The summed E-state index contributed by atoms with van der Waals surface area (Å²) in [5.41, 5.74) is 5.36. The number of carbonyl (C=O) groups excluding carboxylic acids is 3. The fraction of sp³-hybridized carbons (Fsp3) is 0.357. The van der Waals surface area contributed by atoms with Crippen LogP contribution in [0.15, 0.2) is 97.1 Å². The number of nitrogens with zero attached hydrogens (tertiary/aromatic N) is 1. The van der Waals surface area contributed by atoms with Crippen LogP contribution in [0.5, 0.6) is 11.5 Å². The van der Waals surface area contributed by atoms with E-state index in [1.54, 1.807) is 12.1 Å². The van der Waals surface area contributed by atoms with Crippen molar-refractivity contribution in [3.05, 3.63) is 131 Å². The first-order chi connectivity index (χ1) is 24.1. The third-order valence-electron chi connectivity index (χ3n) is 9.74. The molecule has 51 heavy (non-hydrogen) atoms. The van der Waals surface area contributed by atoms with Crippen LogP contribution >= 0.6 is 12.4 Å². The third-order valence-corrected chi connectivity index (χ3v) is 9.74. The summed E-state index contributed by atoms with van der Waals surface area (Å²) in [7, 11) is 0. The van der Waals surface area contributed by atoms with Gasteiger partial charge in [0.25, 0.3) is 0 Å². The fourth-order valence-electron chi connectivity index (χ4n) is 7.23. The number of fused-ring (bicyclic) bond motifs is 1. The van der Waals surface area contributed by atoms with Gasteiger partial charge in [0, 0.05) is 44.8 Å². The molecular weight excluding hydrogens is 667 g/mol. The van der Waals surface area contributed by atoms with Gasteiger partial charge in [-0.2, -0.15) is 0 Å². The summed E-state index contributed by atoms with van der Waals surface area (Å²) in [6, 6.07) is 31.4. The van der Waals surface area contributed by atoms with Gasteiger partial charge in [-0.3, -0.25) is 19.3 Å². The summed E-state index contributed by atoms with van der Waals surface area (Å²) in [6.07, 6.45) is 5.25. The Labute approximate surface area is 307 Å². The van der Waals surface area contributed by atoms with Crippen molar-refractivity contribution in [2.45, 2.75) is 77.2 Å². The number of carbonyl (C=O) groups is 3. The van der Waals surface area contributed by atoms with Crippen LogP contribution in [0.2, 0.25) is 0 Å². The van der Waals surface area contributed by atoms with Crippen LogP contribution < -0.4 is 14.8 Å². The highest BCUT2D eigenvalue weighted by Crippen LogP contribution is 2.42. The summed E-state index contributed by atoms with van der Waals surface area (Å²) in [6.45, 7) is 7.14. The summed E-state index contributed by atoms with van der Waals surface area (Å²) in [4.78, 5) is 38.8. The Morgan fingerprint density at radius 3 is 1.98 bits per heavy atom. The molecule has 0 saturated heterocycles. The number of benzene rings is 4. The molecule has 0 bridgehead atoms. The Balaban J connectivity index is 0.00000583. The lowest BCUT2D eigenvalue weighted by molar-refractivity contribution is -0.134. The van der Waals surface area contributed by atoms with Crippen molar-refractivity contribution in [3.8, 4) is 11.5 Å². The molecule has 1 unspecified atom stereocenters. The average molecular weight is 715 g/mol. The summed E-state index contributed by atoms with van der Waals surface area (Å²) in [5, 5.41) is 3.11. The Kier molecular flexibility index (Phi) is 14.3. The highest BCUT2D eigenvalue weighted by Gasteiger charge is 2.34. The van der Waals surface area contributed by atoms with Gasteiger partial charge in [-0.1, -0.05) is 72.8 Å². The zero-order valence-corrected chi connectivity index (χ0v) is 30.5. The molecule has 1 aliphatic rings. The van der Waals surface area contributed by atoms with E-state index in [4.69, 9.17) is 9.47 Å². The third kappa shape index (κ3) is 10.5. The SMILES string of the molecule is CC(=O)Oc1cc2c(cc1OC(C)=O)C(C)N(CCCC(CCCNC(=O)CCc1ccc(F)cc1)(c1ccccc1)c1ccccc1)CC2.Cl. The molecule has 1 heterocycles. The molecule has 0 radical (unpaired) electrons. The summed E-state index contributed by atoms with van der Waals surface area (Å²) >= 11 is 0. The minimum absolute atomic E-state index is 0. The lowest BCUT2D eigenvalue weighted by atomic mass is 9.68. The number of amides is 1. The molecule has 1 amide bonds. The molecule has 0 spiro atoms. The van der Waals surface area contributed by atoms with E-state index in [-0.39, 0.29) is 47.1 Å². The average Bonchev–Trinajstić information content (AvgIpc) is 3.11. The maximum Gasteiger partial charge on any atom is 0.308 e. The van der Waals surface area contributed by atoms with Gasteiger partial charge in [0.15, 0.2) is 11.5 Å². The highest BCUT2D eigenvalue weighted by atomic mass is 35.5. The number of nitrogens with one attached hydrogen (secondary N) is 1. The van der Waals surface area contributed by atoms with Gasteiger partial charge in [0.2, 0.25) is 5.91 Å². The molecule has 0 aromatic heterocycles. The van der Waals surface area contributed by atoms with Crippen molar-refractivity contribution in [1.82, 2.24) is 10.2 Å². The minimum Gasteiger partial charge on any atom is -0.423 e. The van der Waals surface area contributed by atoms with Gasteiger partial charge < -0.3 is 14.8 Å². The monoisotopic (exact) mass is 714 g/mol. The molecule has 4 aromatic rings. The van der Waals surface area contributed by atoms with E-state index in [0.717, 1.165) is 61.9 Å². The number of ether oxygens (including phenoxy) is 2. The molecule has 7 nitrogen and oxygen atoms in total. The van der Waals surface area contributed by atoms with E-state index in [1.165, 1.54) is 37.1 Å². The van der Waals surface area contributed by atoms with Gasteiger partial charge in [-0.25, -0.2) is 4.39 Å². The van der Waals surface area contributed by atoms with Crippen molar-refractivity contribution in [2.24, 2.45) is 0 Å². The lowest BCUT2D eigenvalue weighted by Gasteiger charge is -2.39. The van der Waals surface area contributed by atoms with E-state index >= 15 is 0 Å². The molecule has 0 aliphatic carbocycles. The predicted octanol–water partition coefficient (Wildman–Crippen LogP) is 8.31. The molecule has 1 N–H and O–H groups in total. The Bertz CT molecular complexity index is 1710. The molecule has 1 atom stereocenters. The number of hydrogen-bond donors (Lipinski definition) is 1. The number of halogens is 2. The van der Waals surface area contributed by atoms with Crippen LogP contribution in [0.3, 0.4) is 0 Å². The maximum absolute atomic E-state index is 13.3. The number of aryl methyl sites for hydroxylation is 1. The number of esters is 2. The maximum atomic E-state index is 13.3. The van der Waals surface area contributed by atoms with E-state index in [0.29, 0.717) is 19.4 Å². The molecule has 0 saturated carbocycles. The first-order valence-electron chi connectivity index (χ1n) is 17.5. The van der Waals surface area contributed by atoms with E-state index in [1.807, 2.05) is 24.3 Å². The molecule has 0 fully saturated rings. The number of rotatable bonds is 15. The van der Waals surface area contributed by atoms with Crippen LogP contribution in [-0.2, 0) is 32.6 Å². The summed E-state index contributed by atoms with van der Waals surface area (Å²) in [5.74, 6) is -0.688. The zero-order chi connectivity index (χ0) is 35.5. The minimum atomic E-state index is -0.471. The Morgan fingerprint density at radius 2 is 1.39 bits per heavy atom. The first-order valence-corrected chi connectivity index (χ1v) is 17.5. The van der Waals surface area contributed by atoms with E-state index in [9.17, 15) is 18.8 Å². The standard InChI is InChI=1S/C42H47FN2O5.ClH/c1-30-38-29-40(50-32(3)47)39(49-31(2)46)28-34(38)22-27-45(30)26-11-24-42(35-12-6-4-7-13-35,36-14-8-5-9-15-36)23-10-25-44-41(48)21-18-33-16-19-37(43)20-17-33;/h4-9,12-17,19-20,28-30H,10-11,18,21-27H2,1-3H3,(H,44,48);1H. The van der Waals surface area contributed by atoms with Crippen molar-refractivity contribution >= 4 is 30.3 Å². The van der Waals surface area contributed by atoms with Crippen molar-refractivity contribution in [2.75, 3.05) is 19.6 Å². The van der Waals surface area contributed by atoms with Crippen LogP contribution in [-0.4, -0.2) is 42.4 Å². The second-order valence-electron chi connectivity index (χ2n) is 13.1. The normalized spacial score (nSPS) is 14.2. The molecule has 4 aromatic carbocycles. The van der Waals surface area contributed by atoms with E-state index in [2.05, 4.69) is 65.7 Å². The lowest BCUT2D eigenvalue weighted by Crippen LogP contribution is -2.36. The Hall–Kier alpha value is -4.53. The van der Waals surface area contributed by atoms with Gasteiger partial charge in [-0.15, -0.1) is 12.4 Å². The Morgan fingerprint density at radius 1 is 0.824 bits per heavy atom. The first kappa shape index (κ1) is 39.3. The number of hydrogen-bond acceptors (Lipinski definition) is 6. The molecule has 5 rings (SSSR count). The van der Waals surface area contributed by atoms with Crippen molar-refractivity contribution in [3.63, 3.8) is 0 Å². The zero-order valence-electron chi connectivity index (χ0n) is 29.7. The predicted molar refractivity (Wildman–Crippen MR) is 200 cm³/mol. The van der Waals surface area contributed by atoms with Crippen LogP contribution in [0.25, 0.3) is 0 Å². The van der Waals surface area contributed by atoms with Crippen LogP contribution in [0, 0.1) is 5.82 Å². The van der Waals surface area contributed by atoms with Crippen molar-refractivity contribution in [1.29, 1.82) is 0 Å². The largest absolute Gasteiger partial charge is 0.423 e. The topological polar surface area (TPSA) is 84.9 Å². The smallest absolute Gasteiger partial charge is 0.308 e. The second-order valence-corrected chi connectivity index (χ2v) is 13.1. The van der Waals surface area contributed by atoms with Gasteiger partial charge >= 0.3 is 11.9 Å². The van der Waals surface area contributed by atoms with Gasteiger partial charge in [-0.05, 0) is 104 Å². The molecule has 270 valence electrons. The van der Waals surface area contributed by atoms with Crippen LogP contribution in [0.4, 0.5) is 4.39 Å². The quantitative estimate of drug-likeness (QED) is 0.0758. The summed E-state index contributed by atoms with van der Waals surface area (Å²) < 4.78 is 24.1. The van der Waals surface area contributed by atoms with Gasteiger partial charge in [0.05, 0.1) is 0 Å². The van der Waals surface area contributed by atoms with Gasteiger partial charge in [0.1, 0.15) is 5.82 Å². The highest BCUT2D eigenvalue weighted by molar-refractivity contribution is 5.85. The molecule has 9 heteroatoms. The fourth-order valence-corrected chi connectivity index (χ4v) is 7.23. The van der Waals surface area contributed by atoms with E-state index < -0.39 is 11.9 Å². The van der Waals surface area contributed by atoms with Crippen molar-refractivity contribution < 1.29 is 28.2 Å². The van der Waals surface area contributed by atoms with Crippen LogP contribution in [0.1, 0.15) is 86.7 Å².